The molecule has 0 spiro atoms. The van der Waals surface area contributed by atoms with Crippen LogP contribution in [0.3, 0.4) is 0 Å². The van der Waals surface area contributed by atoms with E-state index >= 15 is 0 Å². The normalized spacial score (nSPS) is 15.7. The minimum atomic E-state index is -0.520. The highest BCUT2D eigenvalue weighted by Gasteiger charge is 2.30. The Hall–Kier alpha value is -3.32. The van der Waals surface area contributed by atoms with Gasteiger partial charge in [0.25, 0.3) is 0 Å². The number of para-hydroxylation sites is 2. The van der Waals surface area contributed by atoms with Crippen molar-refractivity contribution in [2.45, 2.75) is 16.6 Å². The van der Waals surface area contributed by atoms with E-state index < -0.39 is 11.7 Å². The Bertz CT molecular complexity index is 1100. The third-order valence-electron chi connectivity index (χ3n) is 5.02. The van der Waals surface area contributed by atoms with Crippen LogP contribution in [0.25, 0.3) is 0 Å². The Balaban J connectivity index is 1.58. The molecule has 158 valence electrons. The number of anilines is 2. The number of methoxy groups -OCH3 is 1. The van der Waals surface area contributed by atoms with Crippen molar-refractivity contribution >= 4 is 35.0 Å². The summed E-state index contributed by atoms with van der Waals surface area (Å²) in [6.07, 6.45) is 0.235. The number of thioether (sulfide) groups is 1. The molecule has 0 aromatic heterocycles. The van der Waals surface area contributed by atoms with Gasteiger partial charge in [-0.2, -0.15) is 0 Å². The Morgan fingerprint density at radius 2 is 1.81 bits per heavy atom. The second-order valence-electron chi connectivity index (χ2n) is 7.06. The zero-order valence-corrected chi connectivity index (χ0v) is 17.7. The van der Waals surface area contributed by atoms with Crippen LogP contribution in [0.5, 0.6) is 5.75 Å². The number of hydrogen-bond donors (Lipinski definition) is 1. The molecule has 5 nitrogen and oxygen atoms in total. The Morgan fingerprint density at radius 3 is 2.55 bits per heavy atom. The van der Waals surface area contributed by atoms with Crippen molar-refractivity contribution in [2.75, 3.05) is 23.9 Å². The molecule has 0 radical (unpaired) electrons. The van der Waals surface area contributed by atoms with Crippen LogP contribution in [-0.4, -0.2) is 25.5 Å². The highest BCUT2D eigenvalue weighted by molar-refractivity contribution is 7.99. The van der Waals surface area contributed by atoms with Crippen LogP contribution in [0, 0.1) is 5.82 Å². The minimum absolute atomic E-state index is 0.0912. The third kappa shape index (κ3) is 4.72. The van der Waals surface area contributed by atoms with Gasteiger partial charge in [0.1, 0.15) is 18.1 Å². The number of nitrogens with one attached hydrogen (secondary N) is 1. The van der Waals surface area contributed by atoms with E-state index in [1.807, 2.05) is 48.5 Å². The molecule has 7 heteroatoms. The fourth-order valence-electron chi connectivity index (χ4n) is 3.45. The largest absolute Gasteiger partial charge is 0.497 e. The van der Waals surface area contributed by atoms with E-state index in [2.05, 4.69) is 5.32 Å². The lowest BCUT2D eigenvalue weighted by atomic mass is 10.1. The summed E-state index contributed by atoms with van der Waals surface area (Å²) in [5.41, 5.74) is 1.78. The molecule has 4 rings (SSSR count). The maximum absolute atomic E-state index is 13.9. The van der Waals surface area contributed by atoms with Crippen LogP contribution in [0.4, 0.5) is 15.8 Å². The van der Waals surface area contributed by atoms with Crippen LogP contribution in [0.2, 0.25) is 0 Å². The van der Waals surface area contributed by atoms with Crippen LogP contribution in [0.15, 0.2) is 77.7 Å². The summed E-state index contributed by atoms with van der Waals surface area (Å²) >= 11 is 1.59. The summed E-state index contributed by atoms with van der Waals surface area (Å²) in [4.78, 5) is 28.2. The van der Waals surface area contributed by atoms with Crippen LogP contribution >= 0.6 is 11.8 Å². The summed E-state index contributed by atoms with van der Waals surface area (Å²) in [7, 11) is 1.61. The maximum Gasteiger partial charge on any atom is 0.244 e. The predicted octanol–water partition coefficient (Wildman–Crippen LogP) is 5.04. The van der Waals surface area contributed by atoms with Crippen LogP contribution < -0.4 is 15.0 Å². The van der Waals surface area contributed by atoms with E-state index in [0.717, 1.165) is 16.2 Å². The van der Waals surface area contributed by atoms with E-state index in [1.54, 1.807) is 31.0 Å². The van der Waals surface area contributed by atoms with Gasteiger partial charge in [0.15, 0.2) is 0 Å². The first-order chi connectivity index (χ1) is 15.0. The van der Waals surface area contributed by atoms with Crippen molar-refractivity contribution in [1.29, 1.82) is 0 Å². The smallest absolute Gasteiger partial charge is 0.244 e. The lowest BCUT2D eigenvalue weighted by molar-refractivity contribution is -0.121. The molecule has 3 aromatic rings. The number of hydrogen-bond acceptors (Lipinski definition) is 4. The molecule has 0 saturated heterocycles. The molecule has 2 amide bonds. The molecule has 0 saturated carbocycles. The number of carbonyl (C=O) groups excluding carboxylic acids is 2. The van der Waals surface area contributed by atoms with Gasteiger partial charge >= 0.3 is 0 Å². The predicted molar refractivity (Wildman–Crippen MR) is 120 cm³/mol. The van der Waals surface area contributed by atoms with E-state index in [-0.39, 0.29) is 29.8 Å². The van der Waals surface area contributed by atoms with E-state index in [1.165, 1.54) is 17.0 Å². The molecular formula is C24H21FN2O3S. The monoisotopic (exact) mass is 436 g/mol. The molecule has 1 aliphatic rings. The molecule has 3 aromatic carbocycles. The average Bonchev–Trinajstić information content (AvgIpc) is 2.92. The number of rotatable bonds is 5. The number of benzene rings is 3. The second-order valence-corrected chi connectivity index (χ2v) is 8.30. The van der Waals surface area contributed by atoms with Gasteiger partial charge in [0.2, 0.25) is 11.8 Å². The third-order valence-corrected chi connectivity index (χ3v) is 6.35. The number of amides is 2. The molecule has 0 aliphatic carbocycles. The number of carbonyl (C=O) groups is 2. The summed E-state index contributed by atoms with van der Waals surface area (Å²) in [6.45, 7) is -0.194. The van der Waals surface area contributed by atoms with Crippen LogP contribution in [-0.2, 0) is 9.59 Å². The zero-order chi connectivity index (χ0) is 21.8. The maximum atomic E-state index is 13.9. The number of ether oxygens (including phenoxy) is 1. The molecule has 1 aliphatic heterocycles. The summed E-state index contributed by atoms with van der Waals surface area (Å²) in [5, 5.41) is 2.46. The lowest BCUT2D eigenvalue weighted by Gasteiger charge is -2.22. The topological polar surface area (TPSA) is 58.6 Å². The fourth-order valence-corrected chi connectivity index (χ4v) is 4.73. The second kappa shape index (κ2) is 9.22. The Kier molecular flexibility index (Phi) is 6.23. The van der Waals surface area contributed by atoms with Crippen molar-refractivity contribution in [1.82, 2.24) is 0 Å². The van der Waals surface area contributed by atoms with Crippen molar-refractivity contribution in [3.8, 4) is 5.75 Å². The highest BCUT2D eigenvalue weighted by atomic mass is 32.2. The van der Waals surface area contributed by atoms with Gasteiger partial charge in [0.05, 0.1) is 18.5 Å². The molecule has 1 N–H and O–H groups in total. The lowest BCUT2D eigenvalue weighted by Crippen LogP contribution is -2.38. The SMILES string of the molecule is COc1ccc([C@@H]2CC(=O)N(CC(=O)Nc3ccccc3F)c3ccccc3S2)cc1. The number of halogens is 1. The summed E-state index contributed by atoms with van der Waals surface area (Å²) in [5.74, 6) is -0.391. The quantitative estimate of drug-likeness (QED) is 0.609. The highest BCUT2D eigenvalue weighted by Crippen LogP contribution is 2.45. The van der Waals surface area contributed by atoms with Crippen molar-refractivity contribution in [2.24, 2.45) is 0 Å². The van der Waals surface area contributed by atoms with Gasteiger partial charge < -0.3 is 15.0 Å². The van der Waals surface area contributed by atoms with E-state index in [4.69, 9.17) is 4.74 Å². The van der Waals surface area contributed by atoms with Crippen LogP contribution in [0.1, 0.15) is 17.2 Å². The first kappa shape index (κ1) is 20.9. The number of nitrogens with zero attached hydrogens (tertiary/aromatic N) is 1. The molecule has 0 fully saturated rings. The van der Waals surface area contributed by atoms with Gasteiger partial charge in [-0.1, -0.05) is 36.4 Å². The molecule has 31 heavy (non-hydrogen) atoms. The Labute approximate surface area is 184 Å². The summed E-state index contributed by atoms with van der Waals surface area (Å²) < 4.78 is 19.1. The number of fused-ring (bicyclic) bond motifs is 1. The van der Waals surface area contributed by atoms with Gasteiger partial charge in [-0.15, -0.1) is 11.8 Å². The molecule has 0 bridgehead atoms. The first-order valence-electron chi connectivity index (χ1n) is 9.79. The Morgan fingerprint density at radius 1 is 1.10 bits per heavy atom. The van der Waals surface area contributed by atoms with E-state index in [9.17, 15) is 14.0 Å². The fraction of sp³-hybridized carbons (Fsp3) is 0.167. The van der Waals surface area contributed by atoms with Crippen molar-refractivity contribution < 1.29 is 18.7 Å². The molecule has 1 atom stereocenters. The summed E-state index contributed by atoms with van der Waals surface area (Å²) in [6, 6.07) is 21.1. The molecule has 1 heterocycles. The van der Waals surface area contributed by atoms with Gasteiger partial charge in [-0.25, -0.2) is 4.39 Å². The standard InChI is InChI=1S/C24H21FN2O3S/c1-30-17-12-10-16(11-13-17)22-14-24(29)27(20-8-4-5-9-21(20)31-22)15-23(28)26-19-7-3-2-6-18(19)25/h2-13,22H,14-15H2,1H3,(H,26,28)/t22-/m0/s1. The van der Waals surface area contributed by atoms with Gasteiger partial charge in [-0.3, -0.25) is 9.59 Å². The average molecular weight is 437 g/mol. The van der Waals surface area contributed by atoms with Gasteiger partial charge in [-0.05, 0) is 42.0 Å². The minimum Gasteiger partial charge on any atom is -0.497 e. The molecular weight excluding hydrogens is 415 g/mol. The zero-order valence-electron chi connectivity index (χ0n) is 16.9. The van der Waals surface area contributed by atoms with Gasteiger partial charge in [0, 0.05) is 16.6 Å². The van der Waals surface area contributed by atoms with E-state index in [0.29, 0.717) is 5.69 Å². The van der Waals surface area contributed by atoms with Crippen molar-refractivity contribution in [3.63, 3.8) is 0 Å². The first-order valence-corrected chi connectivity index (χ1v) is 10.7. The molecule has 0 unspecified atom stereocenters. The van der Waals surface area contributed by atoms with Crippen molar-refractivity contribution in [3.05, 3.63) is 84.2 Å².